The summed E-state index contributed by atoms with van der Waals surface area (Å²) < 4.78 is 4.88. The largest absolute Gasteiger partial charge is 0.473 e. The lowest BCUT2D eigenvalue weighted by Gasteiger charge is -2.13. The van der Waals surface area contributed by atoms with E-state index in [1.807, 2.05) is 6.92 Å². The molecule has 7 nitrogen and oxygen atoms in total. The zero-order valence-corrected chi connectivity index (χ0v) is 10.7. The van der Waals surface area contributed by atoms with Crippen LogP contribution in [0.5, 0.6) is 0 Å². The summed E-state index contributed by atoms with van der Waals surface area (Å²) in [6.07, 6.45) is 2.90. The van der Waals surface area contributed by atoms with Crippen molar-refractivity contribution in [3.8, 4) is 0 Å². The maximum Gasteiger partial charge on any atom is 0.414 e. The second-order valence-electron chi connectivity index (χ2n) is 4.30. The highest BCUT2D eigenvalue weighted by atomic mass is 16.5. The van der Waals surface area contributed by atoms with E-state index < -0.39 is 11.9 Å². The third-order valence-corrected chi connectivity index (χ3v) is 2.98. The summed E-state index contributed by atoms with van der Waals surface area (Å²) in [4.78, 5) is 31.7. The molecule has 0 aromatic heterocycles. The standard InChI is InChI=1S/C10H15NO2.C2H2O4/c1-2-13-10(12)5-9-7-11-4-3-8(9)6-11;3-1(4)2(5)6/h5,8H,2-4,6-7H2,1H3;(H,3,4)(H,5,6)/b9-5-;. The number of hydrogen-bond donors (Lipinski definition) is 2. The number of carbonyl (C=O) groups is 3. The van der Waals surface area contributed by atoms with Gasteiger partial charge in [-0.05, 0) is 31.4 Å². The molecule has 0 radical (unpaired) electrons. The molecule has 2 heterocycles. The molecule has 0 spiro atoms. The molecule has 2 aliphatic heterocycles. The van der Waals surface area contributed by atoms with E-state index >= 15 is 0 Å². The lowest BCUT2D eigenvalue weighted by atomic mass is 9.99. The number of carboxylic acid groups (broad SMARTS) is 2. The molecule has 7 heteroatoms. The Morgan fingerprint density at radius 1 is 1.37 bits per heavy atom. The minimum absolute atomic E-state index is 0.175. The highest BCUT2D eigenvalue weighted by Gasteiger charge is 2.33. The van der Waals surface area contributed by atoms with Crippen LogP contribution >= 0.6 is 0 Å². The molecule has 2 saturated heterocycles. The number of fused-ring (bicyclic) bond motifs is 2. The van der Waals surface area contributed by atoms with E-state index in [0.717, 1.165) is 13.1 Å². The first-order chi connectivity index (χ1) is 8.93. The van der Waals surface area contributed by atoms with Crippen molar-refractivity contribution < 1.29 is 29.3 Å². The van der Waals surface area contributed by atoms with Gasteiger partial charge in [0.25, 0.3) is 0 Å². The summed E-state index contributed by atoms with van der Waals surface area (Å²) in [5.74, 6) is -3.19. The number of piperidine rings is 1. The number of nitrogens with zero attached hydrogens (tertiary/aromatic N) is 1. The minimum atomic E-state index is -1.82. The first-order valence-electron chi connectivity index (χ1n) is 5.99. The third-order valence-electron chi connectivity index (χ3n) is 2.98. The van der Waals surface area contributed by atoms with Crippen LogP contribution < -0.4 is 0 Å². The first kappa shape index (κ1) is 15.2. The molecule has 2 bridgehead atoms. The van der Waals surface area contributed by atoms with Crippen molar-refractivity contribution in [1.29, 1.82) is 0 Å². The zero-order chi connectivity index (χ0) is 14.4. The van der Waals surface area contributed by atoms with Gasteiger partial charge < -0.3 is 14.9 Å². The Morgan fingerprint density at radius 3 is 2.37 bits per heavy atom. The van der Waals surface area contributed by atoms with E-state index in [-0.39, 0.29) is 5.97 Å². The molecule has 2 unspecified atom stereocenters. The van der Waals surface area contributed by atoms with Gasteiger partial charge in [-0.1, -0.05) is 0 Å². The van der Waals surface area contributed by atoms with Crippen LogP contribution in [0.3, 0.4) is 0 Å². The molecule has 0 amide bonds. The van der Waals surface area contributed by atoms with E-state index in [0.29, 0.717) is 12.5 Å². The van der Waals surface area contributed by atoms with Crippen LogP contribution in [-0.2, 0) is 19.1 Å². The molecule has 2 fully saturated rings. The van der Waals surface area contributed by atoms with Crippen molar-refractivity contribution in [3.05, 3.63) is 11.6 Å². The summed E-state index contributed by atoms with van der Waals surface area (Å²) in [7, 11) is 0. The molecular formula is C12H17NO6. The summed E-state index contributed by atoms with van der Waals surface area (Å²) in [6, 6.07) is 0. The van der Waals surface area contributed by atoms with E-state index in [1.54, 1.807) is 6.08 Å². The van der Waals surface area contributed by atoms with E-state index in [4.69, 9.17) is 24.5 Å². The van der Waals surface area contributed by atoms with Crippen LogP contribution in [0.4, 0.5) is 0 Å². The average molecular weight is 271 g/mol. The van der Waals surface area contributed by atoms with Gasteiger partial charge in [-0.15, -0.1) is 0 Å². The molecule has 19 heavy (non-hydrogen) atoms. The van der Waals surface area contributed by atoms with E-state index in [1.165, 1.54) is 18.5 Å². The SMILES string of the molecule is CCOC(=O)/C=C1/CN2CCC1C2.O=C(O)C(=O)O. The number of aliphatic carboxylic acids is 2. The normalized spacial score (nSPS) is 25.6. The maximum absolute atomic E-state index is 11.2. The molecular weight excluding hydrogens is 254 g/mol. The van der Waals surface area contributed by atoms with E-state index in [9.17, 15) is 4.79 Å². The smallest absolute Gasteiger partial charge is 0.414 e. The third kappa shape index (κ3) is 4.70. The number of rotatable bonds is 2. The number of ether oxygens (including phenoxy) is 1. The van der Waals surface area contributed by atoms with Crippen molar-refractivity contribution in [2.24, 2.45) is 5.92 Å². The van der Waals surface area contributed by atoms with Gasteiger partial charge in [-0.3, -0.25) is 4.90 Å². The van der Waals surface area contributed by atoms with Gasteiger partial charge in [0.15, 0.2) is 0 Å². The Bertz CT molecular complexity index is 391. The summed E-state index contributed by atoms with van der Waals surface area (Å²) in [6.45, 7) is 5.62. The Balaban J connectivity index is 0.000000258. The van der Waals surface area contributed by atoms with Crippen LogP contribution in [0.15, 0.2) is 11.6 Å². The Labute approximate surface area is 110 Å². The molecule has 106 valence electrons. The average Bonchev–Trinajstić information content (AvgIpc) is 2.91. The lowest BCUT2D eigenvalue weighted by Crippen LogP contribution is -2.18. The molecule has 0 aromatic rings. The summed E-state index contributed by atoms with van der Waals surface area (Å²) >= 11 is 0. The summed E-state index contributed by atoms with van der Waals surface area (Å²) in [5, 5.41) is 14.8. The van der Waals surface area contributed by atoms with Crippen molar-refractivity contribution in [3.63, 3.8) is 0 Å². The molecule has 0 saturated carbocycles. The van der Waals surface area contributed by atoms with Crippen LogP contribution in [0, 0.1) is 5.92 Å². The molecule has 2 atom stereocenters. The number of carbonyl (C=O) groups excluding carboxylic acids is 1. The predicted molar refractivity (Wildman–Crippen MR) is 64.5 cm³/mol. The van der Waals surface area contributed by atoms with Crippen molar-refractivity contribution in [2.75, 3.05) is 26.2 Å². The highest BCUT2D eigenvalue weighted by Crippen LogP contribution is 2.31. The Kier molecular flexibility index (Phi) is 5.50. The zero-order valence-electron chi connectivity index (χ0n) is 10.7. The number of hydrogen-bond acceptors (Lipinski definition) is 5. The predicted octanol–water partition coefficient (Wildman–Crippen LogP) is -0.0330. The van der Waals surface area contributed by atoms with Crippen LogP contribution in [0.25, 0.3) is 0 Å². The van der Waals surface area contributed by atoms with Crippen LogP contribution in [0.2, 0.25) is 0 Å². The van der Waals surface area contributed by atoms with Crippen molar-refractivity contribution in [1.82, 2.24) is 4.90 Å². The number of carboxylic acids is 2. The second-order valence-corrected chi connectivity index (χ2v) is 4.30. The quantitative estimate of drug-likeness (QED) is 0.412. The molecule has 2 aliphatic rings. The van der Waals surface area contributed by atoms with E-state index in [2.05, 4.69) is 4.90 Å². The Morgan fingerprint density at radius 2 is 2.00 bits per heavy atom. The molecule has 2 N–H and O–H groups in total. The van der Waals surface area contributed by atoms with Crippen LogP contribution in [-0.4, -0.2) is 59.3 Å². The number of esters is 1. The fourth-order valence-corrected chi connectivity index (χ4v) is 2.17. The topological polar surface area (TPSA) is 104 Å². The highest BCUT2D eigenvalue weighted by molar-refractivity contribution is 6.27. The minimum Gasteiger partial charge on any atom is -0.473 e. The fourth-order valence-electron chi connectivity index (χ4n) is 2.17. The summed E-state index contributed by atoms with van der Waals surface area (Å²) in [5.41, 5.74) is 1.27. The molecule has 2 rings (SSSR count). The van der Waals surface area contributed by atoms with Gasteiger partial charge in [-0.2, -0.15) is 0 Å². The van der Waals surface area contributed by atoms with Gasteiger partial charge in [0.2, 0.25) is 0 Å². The maximum atomic E-state index is 11.2. The Hall–Kier alpha value is -1.89. The fraction of sp³-hybridized carbons (Fsp3) is 0.583. The second kappa shape index (κ2) is 6.89. The van der Waals surface area contributed by atoms with Gasteiger partial charge in [0.05, 0.1) is 6.61 Å². The van der Waals surface area contributed by atoms with Crippen molar-refractivity contribution in [2.45, 2.75) is 13.3 Å². The van der Waals surface area contributed by atoms with Gasteiger partial charge >= 0.3 is 17.9 Å². The van der Waals surface area contributed by atoms with Gasteiger partial charge in [0, 0.05) is 19.2 Å². The van der Waals surface area contributed by atoms with Gasteiger partial charge in [0.1, 0.15) is 0 Å². The van der Waals surface area contributed by atoms with Crippen molar-refractivity contribution >= 4 is 17.9 Å². The lowest BCUT2D eigenvalue weighted by molar-refractivity contribution is -0.159. The molecule has 0 aromatic carbocycles. The van der Waals surface area contributed by atoms with Gasteiger partial charge in [-0.25, -0.2) is 14.4 Å². The van der Waals surface area contributed by atoms with Crippen LogP contribution in [0.1, 0.15) is 13.3 Å². The first-order valence-corrected chi connectivity index (χ1v) is 5.99. The monoisotopic (exact) mass is 271 g/mol. The molecule has 0 aliphatic carbocycles.